The number of carboxylic acid groups (broad SMARTS) is 1. The van der Waals surface area contributed by atoms with Crippen molar-refractivity contribution in [1.29, 1.82) is 0 Å². The Morgan fingerprint density at radius 2 is 2.00 bits per heavy atom. The molecular weight excluding hydrogens is 327 g/mol. The molecule has 1 aromatic rings. The van der Waals surface area contributed by atoms with Crippen molar-refractivity contribution in [2.24, 2.45) is 5.41 Å². The number of carbonyl (C=O) groups excluding carboxylic acids is 1. The second-order valence-corrected chi connectivity index (χ2v) is 5.70. The first-order valence-electron chi connectivity index (χ1n) is 7.50. The number of rotatable bonds is 5. The topological polar surface area (TPSA) is 66.8 Å². The fraction of sp³-hybridized carbons (Fsp3) is 0.500. The molecule has 8 heteroatoms. The van der Waals surface area contributed by atoms with E-state index in [1.165, 1.54) is 0 Å². The van der Waals surface area contributed by atoms with Gasteiger partial charge in [0.1, 0.15) is 5.75 Å². The molecule has 1 N–H and O–H groups in total. The van der Waals surface area contributed by atoms with Gasteiger partial charge in [-0.2, -0.15) is 13.2 Å². The predicted octanol–water partition coefficient (Wildman–Crippen LogP) is 2.49. The average molecular weight is 345 g/mol. The van der Waals surface area contributed by atoms with Gasteiger partial charge in [0, 0.05) is 13.1 Å². The van der Waals surface area contributed by atoms with E-state index in [1.807, 2.05) is 19.1 Å². The maximum Gasteiger partial charge on any atom is 0.406 e. The molecule has 1 aliphatic heterocycles. The van der Waals surface area contributed by atoms with Crippen molar-refractivity contribution >= 4 is 11.9 Å². The van der Waals surface area contributed by atoms with Crippen LogP contribution in [0, 0.1) is 5.41 Å². The second kappa shape index (κ2) is 6.70. The molecule has 1 amide bonds. The average Bonchev–Trinajstić information content (AvgIpc) is 2.99. The highest BCUT2D eigenvalue weighted by molar-refractivity contribution is 5.82. The number of carbonyl (C=O) groups is 2. The van der Waals surface area contributed by atoms with Gasteiger partial charge < -0.3 is 14.7 Å². The lowest BCUT2D eigenvalue weighted by atomic mass is 9.86. The molecule has 0 bridgehead atoms. The monoisotopic (exact) mass is 345 g/mol. The highest BCUT2D eigenvalue weighted by Crippen LogP contribution is 2.45. The molecule has 2 rings (SSSR count). The lowest BCUT2D eigenvalue weighted by Gasteiger charge is -2.27. The van der Waals surface area contributed by atoms with Crippen LogP contribution in [0.1, 0.15) is 18.9 Å². The van der Waals surface area contributed by atoms with Crippen LogP contribution in [0.2, 0.25) is 0 Å². The number of benzene rings is 1. The first-order chi connectivity index (χ1) is 11.2. The van der Waals surface area contributed by atoms with Crippen LogP contribution in [-0.4, -0.2) is 47.8 Å². The number of halogens is 3. The molecule has 1 heterocycles. The smallest absolute Gasteiger partial charge is 0.406 e. The Labute approximate surface area is 137 Å². The molecule has 132 valence electrons. The molecule has 5 nitrogen and oxygen atoms in total. The summed E-state index contributed by atoms with van der Waals surface area (Å²) in [5, 5.41) is 8.99. The van der Waals surface area contributed by atoms with Gasteiger partial charge in [-0.1, -0.05) is 25.1 Å². The van der Waals surface area contributed by atoms with E-state index in [9.17, 15) is 22.8 Å². The van der Waals surface area contributed by atoms with E-state index < -0.39 is 43.0 Å². The van der Waals surface area contributed by atoms with Gasteiger partial charge in [0.15, 0.2) is 12.0 Å². The Morgan fingerprint density at radius 1 is 1.33 bits per heavy atom. The normalized spacial score (nSPS) is 20.9. The number of amides is 1. The number of alkyl halides is 3. The van der Waals surface area contributed by atoms with Gasteiger partial charge in [0.05, 0.1) is 0 Å². The van der Waals surface area contributed by atoms with Gasteiger partial charge in [0.2, 0.25) is 0 Å². The van der Waals surface area contributed by atoms with Gasteiger partial charge in [-0.05, 0) is 24.5 Å². The summed E-state index contributed by atoms with van der Waals surface area (Å²) in [5.41, 5.74) is -2.02. The lowest BCUT2D eigenvalue weighted by Crippen LogP contribution is -2.48. The molecule has 0 spiro atoms. The van der Waals surface area contributed by atoms with Crippen molar-refractivity contribution < 1.29 is 32.6 Å². The van der Waals surface area contributed by atoms with Crippen LogP contribution in [-0.2, 0) is 16.0 Å². The quantitative estimate of drug-likeness (QED) is 0.890. The Morgan fingerprint density at radius 3 is 2.54 bits per heavy atom. The van der Waals surface area contributed by atoms with E-state index in [4.69, 9.17) is 9.84 Å². The maximum atomic E-state index is 13.1. The molecule has 1 aliphatic rings. The zero-order valence-electron chi connectivity index (χ0n) is 13.1. The number of hydrogen-bond acceptors (Lipinski definition) is 3. The number of carboxylic acids is 1. The Bertz CT molecular complexity index is 632. The first-order valence-corrected chi connectivity index (χ1v) is 7.50. The summed E-state index contributed by atoms with van der Waals surface area (Å²) >= 11 is 0. The second-order valence-electron chi connectivity index (χ2n) is 5.70. The largest absolute Gasteiger partial charge is 0.483 e. The van der Waals surface area contributed by atoms with Gasteiger partial charge in [-0.25, -0.2) is 0 Å². The molecule has 1 aromatic carbocycles. The number of aryl methyl sites for hydroxylation is 1. The number of aliphatic carboxylic acids is 1. The fourth-order valence-electron chi connectivity index (χ4n) is 2.72. The highest BCUT2D eigenvalue weighted by atomic mass is 19.4. The van der Waals surface area contributed by atoms with E-state index >= 15 is 0 Å². The number of ether oxygens (including phenoxy) is 1. The summed E-state index contributed by atoms with van der Waals surface area (Å²) in [7, 11) is 0. The molecule has 0 aliphatic carbocycles. The minimum absolute atomic E-state index is 0.260. The van der Waals surface area contributed by atoms with E-state index in [-0.39, 0.29) is 6.54 Å². The molecule has 1 unspecified atom stereocenters. The molecule has 24 heavy (non-hydrogen) atoms. The van der Waals surface area contributed by atoms with Crippen molar-refractivity contribution in [2.45, 2.75) is 25.9 Å². The number of para-hydroxylation sites is 1. The summed E-state index contributed by atoms with van der Waals surface area (Å²) in [6.45, 7) is 0.340. The molecular formula is C16H18F3NO4. The van der Waals surface area contributed by atoms with Gasteiger partial charge in [-0.3, -0.25) is 9.59 Å². The summed E-state index contributed by atoms with van der Waals surface area (Å²) in [6, 6.07) is 7.05. The number of likely N-dealkylation sites (tertiary alicyclic amines) is 1. The van der Waals surface area contributed by atoms with E-state index in [1.54, 1.807) is 12.1 Å². The molecule has 0 radical (unpaired) electrons. The van der Waals surface area contributed by atoms with Crippen LogP contribution >= 0.6 is 0 Å². The fourth-order valence-corrected chi connectivity index (χ4v) is 2.72. The first kappa shape index (κ1) is 18.1. The van der Waals surface area contributed by atoms with Crippen LogP contribution in [0.15, 0.2) is 24.3 Å². The van der Waals surface area contributed by atoms with E-state index in [2.05, 4.69) is 0 Å². The van der Waals surface area contributed by atoms with Crippen LogP contribution in [0.5, 0.6) is 5.75 Å². The number of hydrogen-bond donors (Lipinski definition) is 1. The maximum absolute atomic E-state index is 13.1. The standard InChI is InChI=1S/C16H18F3NO4/c1-2-11-5-3-4-6-12(11)24-9-13(21)20-8-7-15(10-20,14(22)23)16(17,18)19/h3-6H,2,7-10H2,1H3,(H,22,23). The zero-order chi connectivity index (χ0) is 18.0. The molecule has 0 aromatic heterocycles. The predicted molar refractivity (Wildman–Crippen MR) is 78.6 cm³/mol. The van der Waals surface area contributed by atoms with Gasteiger partial charge in [-0.15, -0.1) is 0 Å². The lowest BCUT2D eigenvalue weighted by molar-refractivity contribution is -0.227. The molecule has 1 saturated heterocycles. The zero-order valence-corrected chi connectivity index (χ0v) is 13.1. The Kier molecular flexibility index (Phi) is 5.05. The van der Waals surface area contributed by atoms with E-state index in [0.29, 0.717) is 12.2 Å². The third-order valence-corrected chi connectivity index (χ3v) is 4.28. The molecule has 1 atom stereocenters. The van der Waals surface area contributed by atoms with Crippen LogP contribution < -0.4 is 4.74 Å². The highest BCUT2D eigenvalue weighted by Gasteiger charge is 2.64. The van der Waals surface area contributed by atoms with Crippen LogP contribution in [0.4, 0.5) is 13.2 Å². The summed E-state index contributed by atoms with van der Waals surface area (Å²) < 4.78 is 44.7. The Balaban J connectivity index is 2.03. The summed E-state index contributed by atoms with van der Waals surface area (Å²) in [4.78, 5) is 24.1. The minimum Gasteiger partial charge on any atom is -0.483 e. The van der Waals surface area contributed by atoms with Gasteiger partial charge >= 0.3 is 12.1 Å². The van der Waals surface area contributed by atoms with Crippen molar-refractivity contribution in [2.75, 3.05) is 19.7 Å². The van der Waals surface area contributed by atoms with Crippen molar-refractivity contribution in [3.63, 3.8) is 0 Å². The third kappa shape index (κ3) is 3.32. The van der Waals surface area contributed by atoms with Gasteiger partial charge in [0.25, 0.3) is 5.91 Å². The van der Waals surface area contributed by atoms with E-state index in [0.717, 1.165) is 10.5 Å². The molecule has 1 fully saturated rings. The Hall–Kier alpha value is -2.25. The SMILES string of the molecule is CCc1ccccc1OCC(=O)N1CCC(C(=O)O)(C(F)(F)F)C1. The third-order valence-electron chi connectivity index (χ3n) is 4.28. The van der Waals surface area contributed by atoms with Crippen molar-refractivity contribution in [3.05, 3.63) is 29.8 Å². The number of nitrogens with zero attached hydrogens (tertiary/aromatic N) is 1. The van der Waals surface area contributed by atoms with Crippen LogP contribution in [0.3, 0.4) is 0 Å². The van der Waals surface area contributed by atoms with Crippen molar-refractivity contribution in [1.82, 2.24) is 4.90 Å². The minimum atomic E-state index is -4.91. The summed E-state index contributed by atoms with van der Waals surface area (Å²) in [6.07, 6.45) is -4.88. The van der Waals surface area contributed by atoms with Crippen molar-refractivity contribution in [3.8, 4) is 5.75 Å². The van der Waals surface area contributed by atoms with Crippen LogP contribution in [0.25, 0.3) is 0 Å². The molecule has 0 saturated carbocycles. The summed E-state index contributed by atoms with van der Waals surface area (Å²) in [5.74, 6) is -2.12.